The third-order valence-corrected chi connectivity index (χ3v) is 7.68. The molecule has 46 heavy (non-hydrogen) atoms. The maximum absolute atomic E-state index is 13.5. The molecule has 15 heteroatoms. The Bertz CT molecular complexity index is 1520. The Balaban J connectivity index is 0.00000576. The van der Waals surface area contributed by atoms with Gasteiger partial charge in [-0.25, -0.2) is 9.59 Å². The van der Waals surface area contributed by atoms with E-state index in [4.69, 9.17) is 47.9 Å². The molecule has 10 nitrogen and oxygen atoms in total. The van der Waals surface area contributed by atoms with Crippen LogP contribution in [0.4, 0.5) is 8.78 Å². The number of benzene rings is 2. The normalized spacial score (nSPS) is 13.9. The molecule has 4 rings (SSSR count). The average Bonchev–Trinajstić information content (AvgIpc) is 3.81. The molecule has 1 fully saturated rings. The molecule has 1 aliphatic carbocycles. The van der Waals surface area contributed by atoms with E-state index in [0.717, 1.165) is 25.2 Å². The van der Waals surface area contributed by atoms with Gasteiger partial charge in [0.2, 0.25) is 0 Å². The number of pyridine rings is 1. The number of rotatable bonds is 14. The predicted molar refractivity (Wildman–Crippen MR) is 167 cm³/mol. The van der Waals surface area contributed by atoms with Crippen LogP contribution in [0.25, 0.3) is 0 Å². The lowest BCUT2D eigenvalue weighted by Gasteiger charge is -2.22. The molecule has 1 aromatic heterocycles. The number of carbonyl (C=O) groups excluding carboxylic acids is 2. The Kier molecular flexibility index (Phi) is 13.1. The van der Waals surface area contributed by atoms with Crippen molar-refractivity contribution >= 4 is 47.5 Å². The van der Waals surface area contributed by atoms with E-state index in [0.29, 0.717) is 28.4 Å². The fourth-order valence-electron chi connectivity index (χ4n) is 4.19. The summed E-state index contributed by atoms with van der Waals surface area (Å²) in [5.41, 5.74) is 6.54. The maximum atomic E-state index is 13.5. The quantitative estimate of drug-likeness (QED) is 0.0867. The molecule has 0 saturated heterocycles. The van der Waals surface area contributed by atoms with Crippen LogP contribution < -0.4 is 29.4 Å². The van der Waals surface area contributed by atoms with Crippen LogP contribution in [0.3, 0.4) is 0 Å². The summed E-state index contributed by atoms with van der Waals surface area (Å²) in [5, 5.41) is 11.9. The first-order chi connectivity index (χ1) is 21.4. The van der Waals surface area contributed by atoms with Crippen molar-refractivity contribution < 1.29 is 46.8 Å². The second kappa shape index (κ2) is 16.3. The van der Waals surface area contributed by atoms with Crippen molar-refractivity contribution in [2.75, 3.05) is 13.7 Å². The SMILES string of the molecule is COc1ccc(C(=O)OC(Cc2c(Cl)c[n+]([O-])cc2Cl)c2ccc(OC(F)F)c(OCC3CC3)c2)cc1OC(=O)C(N)C(C)C.Cl. The molecule has 0 amide bonds. The van der Waals surface area contributed by atoms with Gasteiger partial charge < -0.3 is 34.6 Å². The van der Waals surface area contributed by atoms with Crippen LogP contribution >= 0.6 is 35.6 Å². The summed E-state index contributed by atoms with van der Waals surface area (Å²) in [7, 11) is 1.37. The van der Waals surface area contributed by atoms with Crippen LogP contribution in [-0.2, 0) is 16.0 Å². The summed E-state index contributed by atoms with van der Waals surface area (Å²) < 4.78 is 53.8. The van der Waals surface area contributed by atoms with Gasteiger partial charge in [-0.3, -0.25) is 0 Å². The summed E-state index contributed by atoms with van der Waals surface area (Å²) in [5.74, 6) is -1.51. The number of halogens is 5. The van der Waals surface area contributed by atoms with E-state index in [9.17, 15) is 23.6 Å². The number of esters is 2. The number of methoxy groups -OCH3 is 1. The smallest absolute Gasteiger partial charge is 0.387 e. The van der Waals surface area contributed by atoms with E-state index in [-0.39, 0.29) is 63.4 Å². The molecule has 0 radical (unpaired) electrons. The second-order valence-corrected chi connectivity index (χ2v) is 11.6. The van der Waals surface area contributed by atoms with Crippen molar-refractivity contribution in [1.29, 1.82) is 0 Å². The molecule has 1 heterocycles. The van der Waals surface area contributed by atoms with Gasteiger partial charge in [0.15, 0.2) is 35.4 Å². The third kappa shape index (κ3) is 9.71. The highest BCUT2D eigenvalue weighted by Crippen LogP contribution is 2.38. The number of nitrogens with zero attached hydrogens (tertiary/aromatic N) is 1. The van der Waals surface area contributed by atoms with Crippen LogP contribution in [0.1, 0.15) is 54.3 Å². The lowest BCUT2D eigenvalue weighted by molar-refractivity contribution is -0.605. The van der Waals surface area contributed by atoms with Gasteiger partial charge in [-0.1, -0.05) is 43.1 Å². The zero-order chi connectivity index (χ0) is 32.8. The molecule has 2 N–H and O–H groups in total. The predicted octanol–water partition coefficient (Wildman–Crippen LogP) is 6.48. The summed E-state index contributed by atoms with van der Waals surface area (Å²) >= 11 is 12.7. The average molecular weight is 706 g/mol. The first kappa shape index (κ1) is 36.9. The number of nitrogens with two attached hydrogens (primary N) is 1. The Hall–Kier alpha value is -3.58. The van der Waals surface area contributed by atoms with Crippen molar-refractivity contribution in [3.8, 4) is 23.0 Å². The molecule has 0 spiro atoms. The molecule has 2 unspecified atom stereocenters. The Labute approximate surface area is 280 Å². The standard InChI is InChI=1S/C31H32Cl2F2N2O8.ClH/c1-16(2)28(36)30(39)44-27-11-19(7-8-23(27)41-3)29(38)43-25(12-20-21(32)13-37(40)14-22(20)33)18-6-9-24(45-31(34)35)26(10-18)42-15-17-4-5-17;/h6-11,13-14,16-17,25,28,31H,4-5,12,15,36H2,1-3H3;1H. The van der Waals surface area contributed by atoms with Crippen molar-refractivity contribution in [3.63, 3.8) is 0 Å². The van der Waals surface area contributed by atoms with E-state index in [1.54, 1.807) is 13.8 Å². The molecule has 2 atom stereocenters. The number of ether oxygens (including phenoxy) is 5. The Morgan fingerprint density at radius 3 is 2.26 bits per heavy atom. The first-order valence-corrected chi connectivity index (χ1v) is 14.8. The summed E-state index contributed by atoms with van der Waals surface area (Å²) in [6, 6.07) is 7.34. The van der Waals surface area contributed by atoms with Gasteiger partial charge in [-0.05, 0) is 60.6 Å². The van der Waals surface area contributed by atoms with Gasteiger partial charge in [-0.15, -0.1) is 12.4 Å². The van der Waals surface area contributed by atoms with E-state index in [1.807, 2.05) is 0 Å². The summed E-state index contributed by atoms with van der Waals surface area (Å²) in [6.07, 6.45) is 2.88. The highest BCUT2D eigenvalue weighted by Gasteiger charge is 2.28. The monoisotopic (exact) mass is 704 g/mol. The first-order valence-electron chi connectivity index (χ1n) is 14.0. The lowest BCUT2D eigenvalue weighted by atomic mass is 10.0. The molecule has 3 aromatic rings. The Morgan fingerprint density at radius 1 is 1.02 bits per heavy atom. The Morgan fingerprint density at radius 2 is 1.67 bits per heavy atom. The van der Waals surface area contributed by atoms with Crippen molar-refractivity contribution in [1.82, 2.24) is 0 Å². The number of hydrogen-bond acceptors (Lipinski definition) is 9. The highest BCUT2D eigenvalue weighted by atomic mass is 35.5. The van der Waals surface area contributed by atoms with Gasteiger partial charge in [0.05, 0.1) is 19.3 Å². The van der Waals surface area contributed by atoms with Gasteiger partial charge in [-0.2, -0.15) is 13.5 Å². The van der Waals surface area contributed by atoms with Gasteiger partial charge in [0.1, 0.15) is 22.2 Å². The minimum atomic E-state index is -3.10. The van der Waals surface area contributed by atoms with Gasteiger partial charge >= 0.3 is 18.6 Å². The van der Waals surface area contributed by atoms with Crippen molar-refractivity contribution in [2.24, 2.45) is 17.6 Å². The van der Waals surface area contributed by atoms with Crippen LogP contribution in [0, 0.1) is 17.0 Å². The second-order valence-electron chi connectivity index (χ2n) is 10.8. The maximum Gasteiger partial charge on any atom is 0.387 e. The van der Waals surface area contributed by atoms with Gasteiger partial charge in [0.25, 0.3) is 0 Å². The molecule has 0 bridgehead atoms. The topological polar surface area (TPSA) is 133 Å². The molecule has 1 aliphatic rings. The fourth-order valence-corrected chi connectivity index (χ4v) is 4.79. The van der Waals surface area contributed by atoms with Gasteiger partial charge in [0, 0.05) is 12.0 Å². The van der Waals surface area contributed by atoms with Crippen molar-refractivity contribution in [2.45, 2.75) is 51.9 Å². The number of alkyl halides is 2. The fraction of sp³-hybridized carbons (Fsp3) is 0.387. The van der Waals surface area contributed by atoms with Crippen LogP contribution in [-0.4, -0.2) is 38.3 Å². The zero-order valence-electron chi connectivity index (χ0n) is 25.0. The third-order valence-electron chi connectivity index (χ3n) is 7.02. The number of carbonyl (C=O) groups is 2. The van der Waals surface area contributed by atoms with E-state index in [1.165, 1.54) is 43.5 Å². The number of hydrogen-bond donors (Lipinski definition) is 1. The highest BCUT2D eigenvalue weighted by molar-refractivity contribution is 6.35. The number of aromatic nitrogens is 1. The van der Waals surface area contributed by atoms with E-state index in [2.05, 4.69) is 4.74 Å². The van der Waals surface area contributed by atoms with Crippen LogP contribution in [0.5, 0.6) is 23.0 Å². The molecular formula is C31H33Cl3F2N2O8. The summed E-state index contributed by atoms with van der Waals surface area (Å²) in [4.78, 5) is 26.1. The molecule has 250 valence electrons. The minimum Gasteiger partial charge on any atom is -0.619 e. The van der Waals surface area contributed by atoms with Crippen LogP contribution in [0.15, 0.2) is 48.8 Å². The zero-order valence-corrected chi connectivity index (χ0v) is 27.4. The molecule has 0 aliphatic heterocycles. The van der Waals surface area contributed by atoms with E-state index < -0.39 is 30.7 Å². The van der Waals surface area contributed by atoms with Crippen LogP contribution in [0.2, 0.25) is 10.0 Å². The lowest BCUT2D eigenvalue weighted by Crippen LogP contribution is -2.38. The van der Waals surface area contributed by atoms with E-state index >= 15 is 0 Å². The largest absolute Gasteiger partial charge is 0.619 e. The molecule has 1 saturated carbocycles. The minimum absolute atomic E-state index is 0. The molecular weight excluding hydrogens is 673 g/mol. The summed E-state index contributed by atoms with van der Waals surface area (Å²) in [6.45, 7) is 0.712. The van der Waals surface area contributed by atoms with Crippen molar-refractivity contribution in [3.05, 3.63) is 80.7 Å². The molecule has 2 aromatic carbocycles.